The lowest BCUT2D eigenvalue weighted by molar-refractivity contribution is 0.128. The van der Waals surface area contributed by atoms with Crippen molar-refractivity contribution in [1.82, 2.24) is 20.4 Å². The Bertz CT molecular complexity index is 611. The molecule has 8 heteroatoms. The lowest BCUT2D eigenvalue weighted by atomic mass is 9.88. The summed E-state index contributed by atoms with van der Waals surface area (Å²) in [4.78, 5) is 11.5. The number of hydrogen-bond acceptors (Lipinski definition) is 5. The number of aliphatic imine (C=N–C) groups is 1. The number of halogens is 1. The molecule has 1 aromatic rings. The number of methoxy groups -OCH3 is 1. The number of nitrogens with zero attached hydrogens (tertiary/aromatic N) is 3. The third kappa shape index (κ3) is 7.93. The maximum absolute atomic E-state index is 5.27. The molecule has 1 aliphatic heterocycles. The van der Waals surface area contributed by atoms with Gasteiger partial charge in [-0.05, 0) is 63.6 Å². The van der Waals surface area contributed by atoms with Gasteiger partial charge in [0.2, 0.25) is 0 Å². The number of thiophene rings is 1. The van der Waals surface area contributed by atoms with Crippen LogP contribution >= 0.6 is 35.3 Å². The molecular formula is C22H40IN5OS. The molecule has 2 N–H and O–H groups in total. The molecule has 0 bridgehead atoms. The summed E-state index contributed by atoms with van der Waals surface area (Å²) in [6.45, 7) is 8.87. The van der Waals surface area contributed by atoms with Crippen LogP contribution in [0.4, 0.5) is 0 Å². The number of piperidine rings is 1. The zero-order valence-corrected chi connectivity index (χ0v) is 22.0. The van der Waals surface area contributed by atoms with Gasteiger partial charge in [0.25, 0.3) is 0 Å². The van der Waals surface area contributed by atoms with E-state index in [4.69, 9.17) is 9.73 Å². The van der Waals surface area contributed by atoms with Crippen molar-refractivity contribution in [3.8, 4) is 0 Å². The smallest absolute Gasteiger partial charge is 0.191 e. The van der Waals surface area contributed by atoms with E-state index in [1.54, 1.807) is 7.11 Å². The predicted molar refractivity (Wildman–Crippen MR) is 138 cm³/mol. The summed E-state index contributed by atoms with van der Waals surface area (Å²) in [6, 6.07) is 5.71. The van der Waals surface area contributed by atoms with Gasteiger partial charge in [-0.2, -0.15) is 0 Å². The number of likely N-dealkylation sites (tertiary alicyclic amines) is 1. The first kappa shape index (κ1) is 25.8. The van der Waals surface area contributed by atoms with E-state index in [1.165, 1.54) is 37.1 Å². The number of ether oxygens (including phenoxy) is 1. The second kappa shape index (κ2) is 13.9. The molecule has 0 aromatic carbocycles. The van der Waals surface area contributed by atoms with Crippen LogP contribution in [-0.4, -0.2) is 81.8 Å². The van der Waals surface area contributed by atoms with Crippen LogP contribution in [0.2, 0.25) is 0 Å². The minimum atomic E-state index is 0. The molecule has 0 amide bonds. The van der Waals surface area contributed by atoms with Crippen molar-refractivity contribution in [3.05, 3.63) is 22.4 Å². The highest BCUT2D eigenvalue weighted by atomic mass is 127. The molecule has 1 aliphatic carbocycles. The molecule has 1 aromatic heterocycles. The van der Waals surface area contributed by atoms with E-state index in [-0.39, 0.29) is 24.0 Å². The minimum Gasteiger partial charge on any atom is -0.383 e. The van der Waals surface area contributed by atoms with E-state index in [2.05, 4.69) is 51.9 Å². The maximum atomic E-state index is 5.27. The topological polar surface area (TPSA) is 52.1 Å². The van der Waals surface area contributed by atoms with Crippen molar-refractivity contribution in [2.45, 2.75) is 44.7 Å². The van der Waals surface area contributed by atoms with Gasteiger partial charge in [0.15, 0.2) is 5.96 Å². The van der Waals surface area contributed by atoms with Crippen LogP contribution in [0.3, 0.4) is 0 Å². The van der Waals surface area contributed by atoms with Crippen LogP contribution in [-0.2, 0) is 4.74 Å². The average Bonchev–Trinajstić information content (AvgIpc) is 3.43. The van der Waals surface area contributed by atoms with E-state index in [9.17, 15) is 0 Å². The van der Waals surface area contributed by atoms with Crippen molar-refractivity contribution in [2.24, 2.45) is 10.9 Å². The summed E-state index contributed by atoms with van der Waals surface area (Å²) < 4.78 is 5.27. The lowest BCUT2D eigenvalue weighted by Crippen LogP contribution is -2.43. The summed E-state index contributed by atoms with van der Waals surface area (Å²) in [5, 5.41) is 9.18. The highest BCUT2D eigenvalue weighted by Crippen LogP contribution is 2.37. The minimum absolute atomic E-state index is 0. The summed E-state index contributed by atoms with van der Waals surface area (Å²) in [5.41, 5.74) is 0. The Hall–Kier alpha value is -0.420. The first-order chi connectivity index (χ1) is 14.2. The first-order valence-corrected chi connectivity index (χ1v) is 12.1. The monoisotopic (exact) mass is 549 g/mol. The third-order valence-electron chi connectivity index (χ3n) is 6.01. The highest BCUT2D eigenvalue weighted by molar-refractivity contribution is 14.0. The molecule has 1 saturated carbocycles. The summed E-state index contributed by atoms with van der Waals surface area (Å²) in [6.07, 6.45) is 5.18. The van der Waals surface area contributed by atoms with Gasteiger partial charge in [-0.1, -0.05) is 6.07 Å². The fraction of sp³-hybridized carbons (Fsp3) is 0.773. The third-order valence-corrected chi connectivity index (χ3v) is 6.95. The Labute approximate surface area is 203 Å². The normalized spacial score (nSPS) is 22.7. The van der Waals surface area contributed by atoms with Crippen LogP contribution in [0.15, 0.2) is 22.5 Å². The average molecular weight is 550 g/mol. The quantitative estimate of drug-likeness (QED) is 0.252. The van der Waals surface area contributed by atoms with Crippen LogP contribution in [0.5, 0.6) is 0 Å². The van der Waals surface area contributed by atoms with E-state index < -0.39 is 0 Å². The Morgan fingerprint density at radius 2 is 2.13 bits per heavy atom. The molecule has 2 unspecified atom stereocenters. The van der Waals surface area contributed by atoms with E-state index in [0.29, 0.717) is 12.0 Å². The van der Waals surface area contributed by atoms with Gasteiger partial charge in [0.1, 0.15) is 0 Å². The number of hydrogen-bond donors (Lipinski definition) is 2. The lowest BCUT2D eigenvalue weighted by Gasteiger charge is -2.38. The first-order valence-electron chi connectivity index (χ1n) is 11.2. The van der Waals surface area contributed by atoms with E-state index in [1.807, 2.05) is 11.3 Å². The Balaban J connectivity index is 0.00000320. The van der Waals surface area contributed by atoms with Crippen molar-refractivity contribution >= 4 is 41.3 Å². The molecule has 0 radical (unpaired) electrons. The van der Waals surface area contributed by atoms with Gasteiger partial charge in [-0.25, -0.2) is 0 Å². The second-order valence-electron chi connectivity index (χ2n) is 8.25. The fourth-order valence-corrected chi connectivity index (χ4v) is 5.34. The largest absolute Gasteiger partial charge is 0.383 e. The summed E-state index contributed by atoms with van der Waals surface area (Å²) in [5.74, 6) is 1.53. The van der Waals surface area contributed by atoms with E-state index >= 15 is 0 Å². The summed E-state index contributed by atoms with van der Waals surface area (Å²) >= 11 is 1.88. The van der Waals surface area contributed by atoms with Crippen molar-refractivity contribution in [3.63, 3.8) is 0 Å². The van der Waals surface area contributed by atoms with Crippen LogP contribution < -0.4 is 10.6 Å². The van der Waals surface area contributed by atoms with Gasteiger partial charge >= 0.3 is 0 Å². The molecule has 2 heterocycles. The maximum Gasteiger partial charge on any atom is 0.191 e. The Morgan fingerprint density at radius 3 is 2.80 bits per heavy atom. The second-order valence-corrected chi connectivity index (χ2v) is 9.23. The molecule has 30 heavy (non-hydrogen) atoms. The number of guanidine groups is 1. The molecule has 172 valence electrons. The molecule has 2 fully saturated rings. The van der Waals surface area contributed by atoms with Gasteiger partial charge in [-0.15, -0.1) is 35.3 Å². The molecule has 2 atom stereocenters. The number of rotatable bonds is 11. The van der Waals surface area contributed by atoms with Gasteiger partial charge in [0, 0.05) is 56.8 Å². The number of nitrogens with one attached hydrogen (secondary N) is 2. The van der Waals surface area contributed by atoms with Crippen molar-refractivity contribution in [2.75, 3.05) is 60.0 Å². The highest BCUT2D eigenvalue weighted by Gasteiger charge is 2.31. The van der Waals surface area contributed by atoms with Crippen LogP contribution in [0.25, 0.3) is 0 Å². The SMILES string of the molecule is CCNC(=NCC1CCCN(C)C1c1cccs1)NCCN(CCOC)C1CC1.I. The van der Waals surface area contributed by atoms with Gasteiger partial charge in [-0.3, -0.25) is 14.8 Å². The Kier molecular flexibility index (Phi) is 12.0. The molecule has 0 spiro atoms. The fourth-order valence-electron chi connectivity index (χ4n) is 4.35. The zero-order valence-electron chi connectivity index (χ0n) is 18.8. The standard InChI is InChI=1S/C22H39N5OS.HI/c1-4-23-22(24-11-13-27(14-15-28-3)19-9-10-19)25-17-18-7-5-12-26(2)21(18)20-8-6-16-29-20;/h6,8,16,18-19,21H,4-5,7,9-15,17H2,1-3H3,(H2,23,24,25);1H. The summed E-state index contributed by atoms with van der Waals surface area (Å²) in [7, 11) is 4.04. The molecule has 3 rings (SSSR count). The zero-order chi connectivity index (χ0) is 20.5. The molecular weight excluding hydrogens is 509 g/mol. The predicted octanol–water partition coefficient (Wildman–Crippen LogP) is 3.41. The molecule has 6 nitrogen and oxygen atoms in total. The van der Waals surface area contributed by atoms with Crippen LogP contribution in [0.1, 0.15) is 43.5 Å². The van der Waals surface area contributed by atoms with Crippen molar-refractivity contribution < 1.29 is 4.74 Å². The molecule has 1 saturated heterocycles. The van der Waals surface area contributed by atoms with Crippen LogP contribution in [0, 0.1) is 5.92 Å². The van der Waals surface area contributed by atoms with E-state index in [0.717, 1.165) is 51.3 Å². The molecule has 2 aliphatic rings. The van der Waals surface area contributed by atoms with Crippen molar-refractivity contribution in [1.29, 1.82) is 0 Å². The van der Waals surface area contributed by atoms with Gasteiger partial charge < -0.3 is 15.4 Å². The Morgan fingerprint density at radius 1 is 1.30 bits per heavy atom. The van der Waals surface area contributed by atoms with Gasteiger partial charge in [0.05, 0.1) is 6.61 Å².